The Labute approximate surface area is 152 Å². The molecule has 2 rings (SSSR count). The molecule has 5 nitrogen and oxygen atoms in total. The zero-order chi connectivity index (χ0) is 19.5. The monoisotopic (exact) mass is 385 g/mol. The SMILES string of the molecule is COc1ccc(NS(=O)(=O)c2ccc(C(C)(C)C)cc2)cc1OC(F)F. The molecule has 1 N–H and O–H groups in total. The Bertz CT molecular complexity index is 860. The van der Waals surface area contributed by atoms with Gasteiger partial charge in [0.15, 0.2) is 11.5 Å². The summed E-state index contributed by atoms with van der Waals surface area (Å²) < 4.78 is 61.6. The molecular formula is C18H21F2NO4S. The Kier molecular flexibility index (Phi) is 5.75. The van der Waals surface area contributed by atoms with Gasteiger partial charge in [0.05, 0.1) is 17.7 Å². The van der Waals surface area contributed by atoms with E-state index in [0.717, 1.165) is 11.6 Å². The topological polar surface area (TPSA) is 64.6 Å². The summed E-state index contributed by atoms with van der Waals surface area (Å²) in [5.41, 5.74) is 0.975. The highest BCUT2D eigenvalue weighted by Gasteiger charge is 2.19. The van der Waals surface area contributed by atoms with Crippen LogP contribution in [0.25, 0.3) is 0 Å². The second-order valence-corrected chi connectivity index (χ2v) is 8.31. The fourth-order valence-corrected chi connectivity index (χ4v) is 3.33. The van der Waals surface area contributed by atoms with E-state index in [2.05, 4.69) is 9.46 Å². The first-order chi connectivity index (χ1) is 12.0. The van der Waals surface area contributed by atoms with E-state index in [4.69, 9.17) is 4.74 Å². The summed E-state index contributed by atoms with van der Waals surface area (Å²) in [5.74, 6) is -0.187. The molecular weight excluding hydrogens is 364 g/mol. The average molecular weight is 385 g/mol. The maximum atomic E-state index is 12.5. The van der Waals surface area contributed by atoms with Crippen LogP contribution in [0.5, 0.6) is 11.5 Å². The highest BCUT2D eigenvalue weighted by atomic mass is 32.2. The minimum Gasteiger partial charge on any atom is -0.493 e. The molecule has 0 saturated carbocycles. The van der Waals surface area contributed by atoms with Crippen LogP contribution in [0.4, 0.5) is 14.5 Å². The molecule has 0 amide bonds. The third-order valence-corrected chi connectivity index (χ3v) is 5.06. The van der Waals surface area contributed by atoms with E-state index in [1.165, 1.54) is 31.4 Å². The van der Waals surface area contributed by atoms with E-state index in [1.807, 2.05) is 20.8 Å². The number of rotatable bonds is 6. The molecule has 0 atom stereocenters. The standard InChI is InChI=1S/C18H21F2NO4S/c1-18(2,3)12-5-8-14(9-6-12)26(22,23)21-13-7-10-15(24-4)16(11-13)25-17(19)20/h5-11,17,21H,1-4H3. The zero-order valence-electron chi connectivity index (χ0n) is 14.9. The van der Waals surface area contributed by atoms with Gasteiger partial charge in [-0.15, -0.1) is 0 Å². The molecule has 142 valence electrons. The van der Waals surface area contributed by atoms with Crippen LogP contribution in [-0.2, 0) is 15.4 Å². The quantitative estimate of drug-likeness (QED) is 0.801. The summed E-state index contributed by atoms with van der Waals surface area (Å²) in [6, 6.07) is 10.4. The van der Waals surface area contributed by atoms with Crippen LogP contribution in [0.2, 0.25) is 0 Å². The lowest BCUT2D eigenvalue weighted by Crippen LogP contribution is -2.15. The maximum Gasteiger partial charge on any atom is 0.387 e. The lowest BCUT2D eigenvalue weighted by Gasteiger charge is -2.19. The van der Waals surface area contributed by atoms with Crippen molar-refractivity contribution in [2.75, 3.05) is 11.8 Å². The van der Waals surface area contributed by atoms with Crippen molar-refractivity contribution < 1.29 is 26.7 Å². The first-order valence-corrected chi connectivity index (χ1v) is 9.27. The molecule has 0 aliphatic carbocycles. The van der Waals surface area contributed by atoms with E-state index in [9.17, 15) is 17.2 Å². The molecule has 2 aromatic carbocycles. The molecule has 0 heterocycles. The van der Waals surface area contributed by atoms with Crippen molar-refractivity contribution in [1.29, 1.82) is 0 Å². The summed E-state index contributed by atoms with van der Waals surface area (Å²) >= 11 is 0. The van der Waals surface area contributed by atoms with Crippen molar-refractivity contribution in [2.45, 2.75) is 37.7 Å². The smallest absolute Gasteiger partial charge is 0.387 e. The van der Waals surface area contributed by atoms with Gasteiger partial charge in [-0.25, -0.2) is 8.42 Å². The minimum atomic E-state index is -3.87. The number of nitrogens with one attached hydrogen (secondary N) is 1. The minimum absolute atomic E-state index is 0.0673. The van der Waals surface area contributed by atoms with E-state index in [0.29, 0.717) is 0 Å². The molecule has 0 unspecified atom stereocenters. The number of ether oxygens (including phenoxy) is 2. The molecule has 0 radical (unpaired) electrons. The van der Waals surface area contributed by atoms with E-state index >= 15 is 0 Å². The molecule has 26 heavy (non-hydrogen) atoms. The first kappa shape index (κ1) is 20.0. The Morgan fingerprint density at radius 1 is 1.00 bits per heavy atom. The van der Waals surface area contributed by atoms with Crippen LogP contribution < -0.4 is 14.2 Å². The van der Waals surface area contributed by atoms with Crippen LogP contribution in [0, 0.1) is 0 Å². The second-order valence-electron chi connectivity index (χ2n) is 6.62. The van der Waals surface area contributed by atoms with Gasteiger partial charge < -0.3 is 9.47 Å². The molecule has 8 heteroatoms. The van der Waals surface area contributed by atoms with Crippen LogP contribution in [-0.4, -0.2) is 22.1 Å². The molecule has 0 aliphatic rings. The summed E-state index contributed by atoms with van der Waals surface area (Å²) in [4.78, 5) is 0.0673. The third-order valence-electron chi connectivity index (χ3n) is 3.66. The molecule has 0 saturated heterocycles. The lowest BCUT2D eigenvalue weighted by atomic mass is 9.87. The Hall–Kier alpha value is -2.35. The maximum absolute atomic E-state index is 12.5. The molecule has 0 aliphatic heterocycles. The van der Waals surface area contributed by atoms with Crippen LogP contribution in [0.15, 0.2) is 47.4 Å². The number of hydrogen-bond donors (Lipinski definition) is 1. The number of sulfonamides is 1. The molecule has 2 aromatic rings. The summed E-state index contributed by atoms with van der Waals surface area (Å²) in [5, 5.41) is 0. The van der Waals surface area contributed by atoms with Gasteiger partial charge in [-0.2, -0.15) is 8.78 Å². The van der Waals surface area contributed by atoms with Crippen molar-refractivity contribution in [3.05, 3.63) is 48.0 Å². The predicted octanol–water partition coefficient (Wildman–Crippen LogP) is 4.39. The van der Waals surface area contributed by atoms with E-state index in [-0.39, 0.29) is 27.5 Å². The van der Waals surface area contributed by atoms with Gasteiger partial charge in [0.1, 0.15) is 0 Å². The van der Waals surface area contributed by atoms with E-state index < -0.39 is 16.6 Å². The molecule has 0 bridgehead atoms. The van der Waals surface area contributed by atoms with E-state index in [1.54, 1.807) is 12.1 Å². The molecule has 0 aromatic heterocycles. The van der Waals surface area contributed by atoms with Crippen molar-refractivity contribution in [2.24, 2.45) is 0 Å². The van der Waals surface area contributed by atoms with Crippen LogP contribution in [0.1, 0.15) is 26.3 Å². The van der Waals surface area contributed by atoms with Crippen molar-refractivity contribution in [1.82, 2.24) is 0 Å². The van der Waals surface area contributed by atoms with Crippen LogP contribution >= 0.6 is 0 Å². The Morgan fingerprint density at radius 3 is 2.12 bits per heavy atom. The number of halogens is 2. The van der Waals surface area contributed by atoms with Gasteiger partial charge in [-0.1, -0.05) is 32.9 Å². The fourth-order valence-electron chi connectivity index (χ4n) is 2.28. The van der Waals surface area contributed by atoms with Crippen LogP contribution in [0.3, 0.4) is 0 Å². The molecule has 0 fully saturated rings. The van der Waals surface area contributed by atoms with Gasteiger partial charge in [-0.3, -0.25) is 4.72 Å². The number of methoxy groups -OCH3 is 1. The van der Waals surface area contributed by atoms with Gasteiger partial charge in [0.25, 0.3) is 10.0 Å². The van der Waals surface area contributed by atoms with Gasteiger partial charge in [0.2, 0.25) is 0 Å². The van der Waals surface area contributed by atoms with Crippen molar-refractivity contribution >= 4 is 15.7 Å². The van der Waals surface area contributed by atoms with Gasteiger partial charge >= 0.3 is 6.61 Å². The third kappa shape index (κ3) is 4.85. The first-order valence-electron chi connectivity index (χ1n) is 7.79. The highest BCUT2D eigenvalue weighted by Crippen LogP contribution is 2.32. The van der Waals surface area contributed by atoms with Gasteiger partial charge in [0, 0.05) is 6.07 Å². The normalized spacial score (nSPS) is 12.1. The summed E-state index contributed by atoms with van der Waals surface area (Å²) in [7, 11) is -2.57. The average Bonchev–Trinajstić information content (AvgIpc) is 2.53. The fraction of sp³-hybridized carbons (Fsp3) is 0.333. The number of alkyl halides is 2. The van der Waals surface area contributed by atoms with Crippen molar-refractivity contribution in [3.63, 3.8) is 0 Å². The number of anilines is 1. The lowest BCUT2D eigenvalue weighted by molar-refractivity contribution is -0.0511. The summed E-state index contributed by atoms with van der Waals surface area (Å²) in [6.45, 7) is 3.02. The van der Waals surface area contributed by atoms with Gasteiger partial charge in [-0.05, 0) is 35.2 Å². The molecule has 0 spiro atoms. The number of benzene rings is 2. The highest BCUT2D eigenvalue weighted by molar-refractivity contribution is 7.92. The Balaban J connectivity index is 2.29. The number of hydrogen-bond acceptors (Lipinski definition) is 4. The zero-order valence-corrected chi connectivity index (χ0v) is 15.7. The van der Waals surface area contributed by atoms with Crippen molar-refractivity contribution in [3.8, 4) is 11.5 Å². The predicted molar refractivity (Wildman–Crippen MR) is 95.6 cm³/mol. The second kappa shape index (κ2) is 7.49. The Morgan fingerprint density at radius 2 is 1.62 bits per heavy atom. The largest absolute Gasteiger partial charge is 0.493 e. The summed E-state index contributed by atoms with van der Waals surface area (Å²) in [6.07, 6.45) is 0.